The predicted molar refractivity (Wildman–Crippen MR) is 125 cm³/mol. The maximum Gasteiger partial charge on any atom is 0.243 e. The number of piperazine rings is 1. The molecule has 3 heterocycles. The van der Waals surface area contributed by atoms with E-state index in [9.17, 15) is 8.42 Å². The molecule has 1 aromatic carbocycles. The Morgan fingerprint density at radius 1 is 1.03 bits per heavy atom. The Kier molecular flexibility index (Phi) is 5.27. The van der Waals surface area contributed by atoms with Crippen LogP contribution in [0.1, 0.15) is 35.2 Å². The summed E-state index contributed by atoms with van der Waals surface area (Å²) in [4.78, 5) is 14.7. The van der Waals surface area contributed by atoms with Crippen molar-refractivity contribution in [1.29, 1.82) is 0 Å². The summed E-state index contributed by atoms with van der Waals surface area (Å²) >= 11 is 1.81. The van der Waals surface area contributed by atoms with Crippen molar-refractivity contribution in [3.05, 3.63) is 46.1 Å². The lowest BCUT2D eigenvalue weighted by Crippen LogP contribution is -2.49. The summed E-state index contributed by atoms with van der Waals surface area (Å²) in [7, 11) is -3.47. The van der Waals surface area contributed by atoms with Gasteiger partial charge in [0, 0.05) is 31.1 Å². The Hall–Kier alpha value is -2.03. The summed E-state index contributed by atoms with van der Waals surface area (Å²) in [5.74, 6) is 2.49. The molecular formula is C23H28N4O2S2. The third-order valence-corrected chi connectivity index (χ3v) is 9.51. The first-order chi connectivity index (χ1) is 14.8. The lowest BCUT2D eigenvalue weighted by atomic mass is 9.89. The zero-order valence-corrected chi connectivity index (χ0v) is 19.9. The van der Waals surface area contributed by atoms with E-state index in [2.05, 4.69) is 11.8 Å². The normalized spacial score (nSPS) is 20.2. The zero-order chi connectivity index (χ0) is 21.8. The van der Waals surface area contributed by atoms with Crippen LogP contribution in [0, 0.1) is 19.8 Å². The van der Waals surface area contributed by atoms with Gasteiger partial charge >= 0.3 is 0 Å². The number of nitrogens with zero attached hydrogens (tertiary/aromatic N) is 4. The minimum atomic E-state index is -3.47. The molecule has 2 aromatic heterocycles. The Labute approximate surface area is 188 Å². The van der Waals surface area contributed by atoms with Gasteiger partial charge in [0.25, 0.3) is 0 Å². The molecule has 2 aliphatic rings. The standard InChI is InChI=1S/C23H28N4O2S2/c1-15-4-7-18(8-5-15)31(28,29)27-12-10-26(11-13-27)22-21-19-9-6-16(2)14-20(19)30-23(21)25-17(3)24-22/h4-5,7-8,16H,6,9-14H2,1-3H3/t16-/m1/s1. The smallest absolute Gasteiger partial charge is 0.243 e. The van der Waals surface area contributed by atoms with Gasteiger partial charge in [-0.25, -0.2) is 18.4 Å². The number of aromatic nitrogens is 2. The minimum absolute atomic E-state index is 0.368. The molecule has 0 radical (unpaired) electrons. The lowest BCUT2D eigenvalue weighted by Gasteiger charge is -2.35. The molecule has 5 rings (SSSR count). The number of rotatable bonds is 3. The van der Waals surface area contributed by atoms with Crippen molar-refractivity contribution in [3.8, 4) is 0 Å². The van der Waals surface area contributed by atoms with Gasteiger partial charge in [-0.2, -0.15) is 4.31 Å². The third kappa shape index (κ3) is 3.75. The van der Waals surface area contributed by atoms with Crippen LogP contribution in [0.5, 0.6) is 0 Å². The van der Waals surface area contributed by atoms with Crippen molar-refractivity contribution in [2.45, 2.75) is 44.9 Å². The number of benzene rings is 1. The molecule has 0 saturated carbocycles. The van der Waals surface area contributed by atoms with Crippen molar-refractivity contribution in [2.24, 2.45) is 5.92 Å². The second kappa shape index (κ2) is 7.83. The SMILES string of the molecule is Cc1ccc(S(=O)(=O)N2CCN(c3nc(C)nc4sc5c(c34)CC[C@@H](C)C5)CC2)cc1. The van der Waals surface area contributed by atoms with Gasteiger partial charge in [-0.15, -0.1) is 11.3 Å². The van der Waals surface area contributed by atoms with Crippen LogP contribution in [-0.2, 0) is 22.9 Å². The van der Waals surface area contributed by atoms with Crippen LogP contribution in [0.4, 0.5) is 5.82 Å². The molecule has 0 bridgehead atoms. The molecule has 8 heteroatoms. The number of anilines is 1. The minimum Gasteiger partial charge on any atom is -0.353 e. The van der Waals surface area contributed by atoms with Gasteiger partial charge in [0.1, 0.15) is 16.5 Å². The van der Waals surface area contributed by atoms with E-state index >= 15 is 0 Å². The summed E-state index contributed by atoms with van der Waals surface area (Å²) in [6, 6.07) is 7.11. The number of hydrogen-bond donors (Lipinski definition) is 0. The highest BCUT2D eigenvalue weighted by atomic mass is 32.2. The van der Waals surface area contributed by atoms with Crippen LogP contribution in [0.25, 0.3) is 10.2 Å². The highest BCUT2D eigenvalue weighted by Crippen LogP contribution is 2.41. The summed E-state index contributed by atoms with van der Waals surface area (Å²) in [5, 5.41) is 1.20. The number of aryl methyl sites for hydroxylation is 3. The Morgan fingerprint density at radius 3 is 2.45 bits per heavy atom. The number of fused-ring (bicyclic) bond motifs is 3. The molecule has 6 nitrogen and oxygen atoms in total. The van der Waals surface area contributed by atoms with Crippen molar-refractivity contribution < 1.29 is 8.42 Å². The highest BCUT2D eigenvalue weighted by molar-refractivity contribution is 7.89. The molecule has 1 aliphatic carbocycles. The number of sulfonamides is 1. The fourth-order valence-electron chi connectivity index (χ4n) is 4.66. The first-order valence-corrected chi connectivity index (χ1v) is 13.2. The van der Waals surface area contributed by atoms with Gasteiger partial charge in [0.05, 0.1) is 10.3 Å². The maximum absolute atomic E-state index is 13.1. The molecule has 1 atom stereocenters. The van der Waals surface area contributed by atoms with Crippen molar-refractivity contribution in [3.63, 3.8) is 0 Å². The summed E-state index contributed by atoms with van der Waals surface area (Å²) in [6.45, 7) is 8.42. The third-order valence-electron chi connectivity index (χ3n) is 6.44. The molecule has 3 aromatic rings. The second-order valence-electron chi connectivity index (χ2n) is 8.83. The van der Waals surface area contributed by atoms with Gasteiger partial charge in [-0.3, -0.25) is 0 Å². The van der Waals surface area contributed by atoms with E-state index in [4.69, 9.17) is 9.97 Å². The first-order valence-electron chi connectivity index (χ1n) is 10.9. The Bertz CT molecular complexity index is 1230. The van der Waals surface area contributed by atoms with E-state index in [1.54, 1.807) is 16.4 Å². The number of hydrogen-bond acceptors (Lipinski definition) is 6. The van der Waals surface area contributed by atoms with Crippen LogP contribution >= 0.6 is 11.3 Å². The van der Waals surface area contributed by atoms with Gasteiger partial charge in [0.2, 0.25) is 10.0 Å². The zero-order valence-electron chi connectivity index (χ0n) is 18.3. The van der Waals surface area contributed by atoms with Crippen molar-refractivity contribution in [1.82, 2.24) is 14.3 Å². The average Bonchev–Trinajstić information content (AvgIpc) is 3.10. The molecule has 1 fully saturated rings. The van der Waals surface area contributed by atoms with E-state index in [1.165, 1.54) is 22.2 Å². The average molecular weight is 457 g/mol. The van der Waals surface area contributed by atoms with E-state index in [0.717, 1.165) is 34.9 Å². The Morgan fingerprint density at radius 2 is 1.74 bits per heavy atom. The fraction of sp³-hybridized carbons (Fsp3) is 0.478. The molecule has 164 valence electrons. The fourth-order valence-corrected chi connectivity index (χ4v) is 7.50. The largest absolute Gasteiger partial charge is 0.353 e. The van der Waals surface area contributed by atoms with E-state index in [1.807, 2.05) is 37.3 Å². The predicted octanol–water partition coefficient (Wildman–Crippen LogP) is 3.94. The molecule has 0 N–H and O–H groups in total. The van der Waals surface area contributed by atoms with Gasteiger partial charge in [-0.1, -0.05) is 24.6 Å². The van der Waals surface area contributed by atoms with Crippen molar-refractivity contribution >= 4 is 37.4 Å². The van der Waals surface area contributed by atoms with E-state index < -0.39 is 10.0 Å². The van der Waals surface area contributed by atoms with E-state index in [0.29, 0.717) is 37.0 Å². The molecule has 31 heavy (non-hydrogen) atoms. The molecule has 0 unspecified atom stereocenters. The van der Waals surface area contributed by atoms with Crippen LogP contribution in [0.3, 0.4) is 0 Å². The Balaban J connectivity index is 1.42. The van der Waals surface area contributed by atoms with E-state index in [-0.39, 0.29) is 0 Å². The second-order valence-corrected chi connectivity index (χ2v) is 11.9. The quantitative estimate of drug-likeness (QED) is 0.597. The molecule has 0 spiro atoms. The number of thiophene rings is 1. The van der Waals surface area contributed by atoms with Crippen LogP contribution in [-0.4, -0.2) is 48.9 Å². The van der Waals surface area contributed by atoms with Crippen LogP contribution in [0.15, 0.2) is 29.2 Å². The lowest BCUT2D eigenvalue weighted by molar-refractivity contribution is 0.384. The van der Waals surface area contributed by atoms with Gasteiger partial charge in [0.15, 0.2) is 0 Å². The highest BCUT2D eigenvalue weighted by Gasteiger charge is 2.31. The molecule has 1 saturated heterocycles. The van der Waals surface area contributed by atoms with Gasteiger partial charge < -0.3 is 4.90 Å². The summed E-state index contributed by atoms with van der Waals surface area (Å²) in [6.07, 6.45) is 3.41. The van der Waals surface area contributed by atoms with Gasteiger partial charge in [-0.05, 0) is 56.7 Å². The first kappa shape index (κ1) is 20.8. The van der Waals surface area contributed by atoms with Crippen LogP contribution < -0.4 is 4.90 Å². The van der Waals surface area contributed by atoms with Crippen molar-refractivity contribution in [2.75, 3.05) is 31.1 Å². The molecular weight excluding hydrogens is 428 g/mol. The molecule has 0 amide bonds. The summed E-state index contributed by atoms with van der Waals surface area (Å²) < 4.78 is 27.7. The molecule has 1 aliphatic heterocycles. The monoisotopic (exact) mass is 456 g/mol. The maximum atomic E-state index is 13.1. The summed E-state index contributed by atoms with van der Waals surface area (Å²) in [5.41, 5.74) is 2.48. The van der Waals surface area contributed by atoms with Crippen LogP contribution in [0.2, 0.25) is 0 Å². The topological polar surface area (TPSA) is 66.4 Å².